The normalized spacial score (nSPS) is 10.2. The lowest BCUT2D eigenvalue weighted by Crippen LogP contribution is -2.15. The molecule has 0 aliphatic carbocycles. The molecular formula is C17H15NO5. The van der Waals surface area contributed by atoms with Crippen molar-refractivity contribution in [1.82, 2.24) is 0 Å². The third kappa shape index (κ3) is 4.00. The van der Waals surface area contributed by atoms with E-state index in [1.54, 1.807) is 6.07 Å². The molecule has 0 N–H and O–H groups in total. The summed E-state index contributed by atoms with van der Waals surface area (Å²) >= 11 is 0. The first-order valence-electron chi connectivity index (χ1n) is 6.90. The van der Waals surface area contributed by atoms with E-state index in [4.69, 9.17) is 4.74 Å². The Bertz CT molecular complexity index is 782. The average molecular weight is 313 g/mol. The number of nitrogens with zero attached hydrogens (tertiary/aromatic N) is 1. The molecule has 6 heteroatoms. The SMILES string of the molecule is Cc1ccc(C(=O)COC(=O)c2cccc([N+](=O)[O-])c2)c(C)c1. The molecule has 0 aromatic heterocycles. The fraction of sp³-hybridized carbons (Fsp3) is 0.176. The smallest absolute Gasteiger partial charge is 0.338 e. The van der Waals surface area contributed by atoms with Crippen molar-refractivity contribution in [3.05, 3.63) is 74.8 Å². The van der Waals surface area contributed by atoms with Crippen LogP contribution in [0.2, 0.25) is 0 Å². The van der Waals surface area contributed by atoms with Crippen molar-refractivity contribution in [3.8, 4) is 0 Å². The van der Waals surface area contributed by atoms with Crippen LogP contribution in [0.5, 0.6) is 0 Å². The highest BCUT2D eigenvalue weighted by Gasteiger charge is 2.15. The number of Topliss-reactive ketones (excluding diaryl/α,β-unsaturated/α-hetero) is 1. The molecule has 0 amide bonds. The highest BCUT2D eigenvalue weighted by Crippen LogP contribution is 2.15. The molecule has 0 saturated carbocycles. The maximum Gasteiger partial charge on any atom is 0.338 e. The van der Waals surface area contributed by atoms with Crippen molar-refractivity contribution in [3.63, 3.8) is 0 Å². The Morgan fingerprint density at radius 2 is 1.87 bits per heavy atom. The molecule has 0 aliphatic heterocycles. The van der Waals surface area contributed by atoms with Crippen LogP contribution in [0.1, 0.15) is 31.8 Å². The van der Waals surface area contributed by atoms with Gasteiger partial charge in [-0.3, -0.25) is 14.9 Å². The van der Waals surface area contributed by atoms with Crippen LogP contribution in [0, 0.1) is 24.0 Å². The molecule has 6 nitrogen and oxygen atoms in total. The second kappa shape index (κ2) is 6.83. The zero-order valence-electron chi connectivity index (χ0n) is 12.7. The molecule has 2 aromatic rings. The van der Waals surface area contributed by atoms with Crippen LogP contribution >= 0.6 is 0 Å². The van der Waals surface area contributed by atoms with Gasteiger partial charge in [-0.25, -0.2) is 4.79 Å². The van der Waals surface area contributed by atoms with E-state index in [9.17, 15) is 19.7 Å². The van der Waals surface area contributed by atoms with Gasteiger partial charge in [0.05, 0.1) is 10.5 Å². The Kier molecular flexibility index (Phi) is 4.85. The zero-order chi connectivity index (χ0) is 17.0. The zero-order valence-corrected chi connectivity index (χ0v) is 12.7. The minimum Gasteiger partial charge on any atom is -0.454 e. The molecule has 23 heavy (non-hydrogen) atoms. The number of aryl methyl sites for hydroxylation is 2. The lowest BCUT2D eigenvalue weighted by Gasteiger charge is -2.07. The van der Waals surface area contributed by atoms with E-state index in [2.05, 4.69) is 0 Å². The molecule has 0 unspecified atom stereocenters. The Labute approximate surface area is 132 Å². The van der Waals surface area contributed by atoms with E-state index in [-0.39, 0.29) is 17.0 Å². The number of non-ortho nitro benzene ring substituents is 1. The van der Waals surface area contributed by atoms with Gasteiger partial charge in [-0.2, -0.15) is 0 Å². The summed E-state index contributed by atoms with van der Waals surface area (Å²) in [6.07, 6.45) is 0. The molecular weight excluding hydrogens is 298 g/mol. The van der Waals surface area contributed by atoms with Crippen molar-refractivity contribution in [2.75, 3.05) is 6.61 Å². The van der Waals surface area contributed by atoms with Crippen LogP contribution < -0.4 is 0 Å². The summed E-state index contributed by atoms with van der Waals surface area (Å²) < 4.78 is 4.95. The second-order valence-corrected chi connectivity index (χ2v) is 5.13. The van der Waals surface area contributed by atoms with E-state index < -0.39 is 17.5 Å². The maximum absolute atomic E-state index is 12.1. The molecule has 2 rings (SSSR count). The van der Waals surface area contributed by atoms with Gasteiger partial charge < -0.3 is 4.74 Å². The number of carbonyl (C=O) groups is 2. The maximum atomic E-state index is 12.1. The van der Waals surface area contributed by atoms with Crippen molar-refractivity contribution < 1.29 is 19.2 Å². The monoisotopic (exact) mass is 313 g/mol. The van der Waals surface area contributed by atoms with Gasteiger partial charge in [0.15, 0.2) is 6.61 Å². The van der Waals surface area contributed by atoms with Crippen molar-refractivity contribution in [2.24, 2.45) is 0 Å². The van der Waals surface area contributed by atoms with Gasteiger partial charge in [0, 0.05) is 17.7 Å². The van der Waals surface area contributed by atoms with Crippen LogP contribution in [-0.2, 0) is 4.74 Å². The number of ether oxygens (including phenoxy) is 1. The van der Waals surface area contributed by atoms with Crippen LogP contribution in [-0.4, -0.2) is 23.3 Å². The largest absolute Gasteiger partial charge is 0.454 e. The third-order valence-corrected chi connectivity index (χ3v) is 3.31. The van der Waals surface area contributed by atoms with Gasteiger partial charge in [-0.05, 0) is 25.5 Å². The fourth-order valence-electron chi connectivity index (χ4n) is 2.17. The first-order valence-corrected chi connectivity index (χ1v) is 6.90. The molecule has 0 heterocycles. The summed E-state index contributed by atoms with van der Waals surface area (Å²) in [5.74, 6) is -1.09. The predicted molar refractivity (Wildman–Crippen MR) is 83.6 cm³/mol. The molecule has 118 valence electrons. The van der Waals surface area contributed by atoms with Gasteiger partial charge >= 0.3 is 5.97 Å². The van der Waals surface area contributed by atoms with E-state index in [0.29, 0.717) is 5.56 Å². The van der Waals surface area contributed by atoms with Gasteiger partial charge in [-0.15, -0.1) is 0 Å². The molecule has 0 radical (unpaired) electrons. The molecule has 0 atom stereocenters. The summed E-state index contributed by atoms with van der Waals surface area (Å²) in [6.45, 7) is 3.32. The number of rotatable bonds is 5. The van der Waals surface area contributed by atoms with E-state index in [1.807, 2.05) is 26.0 Å². The number of hydrogen-bond donors (Lipinski definition) is 0. The molecule has 2 aromatic carbocycles. The Balaban J connectivity index is 2.05. The van der Waals surface area contributed by atoms with Gasteiger partial charge in [0.2, 0.25) is 5.78 Å². The molecule has 0 fully saturated rings. The third-order valence-electron chi connectivity index (χ3n) is 3.31. The number of hydrogen-bond acceptors (Lipinski definition) is 5. The minimum atomic E-state index is -0.771. The second-order valence-electron chi connectivity index (χ2n) is 5.13. The predicted octanol–water partition coefficient (Wildman–Crippen LogP) is 3.25. The lowest BCUT2D eigenvalue weighted by atomic mass is 10.0. The topological polar surface area (TPSA) is 86.5 Å². The molecule has 0 spiro atoms. The van der Waals surface area contributed by atoms with Gasteiger partial charge in [0.25, 0.3) is 5.69 Å². The van der Waals surface area contributed by atoms with Crippen LogP contribution in [0.4, 0.5) is 5.69 Å². The summed E-state index contributed by atoms with van der Waals surface area (Å²) in [4.78, 5) is 34.1. The quantitative estimate of drug-likeness (QED) is 0.366. The summed E-state index contributed by atoms with van der Waals surface area (Å²) in [6, 6.07) is 10.5. The lowest BCUT2D eigenvalue weighted by molar-refractivity contribution is -0.384. The van der Waals surface area contributed by atoms with E-state index in [1.165, 1.54) is 18.2 Å². The Morgan fingerprint density at radius 3 is 2.52 bits per heavy atom. The number of benzene rings is 2. The fourth-order valence-corrected chi connectivity index (χ4v) is 2.17. The highest BCUT2D eigenvalue weighted by molar-refractivity contribution is 6.00. The summed E-state index contributed by atoms with van der Waals surface area (Å²) in [7, 11) is 0. The number of carbonyl (C=O) groups excluding carboxylic acids is 2. The van der Waals surface area contributed by atoms with Crippen LogP contribution in [0.3, 0.4) is 0 Å². The first kappa shape index (κ1) is 16.4. The Morgan fingerprint density at radius 1 is 1.13 bits per heavy atom. The summed E-state index contributed by atoms with van der Waals surface area (Å²) in [5.41, 5.74) is 2.16. The summed E-state index contributed by atoms with van der Waals surface area (Å²) in [5, 5.41) is 10.7. The number of nitro benzene ring substituents is 1. The van der Waals surface area contributed by atoms with Crippen molar-refractivity contribution >= 4 is 17.4 Å². The Hall–Kier alpha value is -3.02. The van der Waals surface area contributed by atoms with E-state index in [0.717, 1.165) is 17.2 Å². The molecule has 0 saturated heterocycles. The number of esters is 1. The van der Waals surface area contributed by atoms with E-state index >= 15 is 0 Å². The number of nitro groups is 1. The molecule has 0 bridgehead atoms. The van der Waals surface area contributed by atoms with Gasteiger partial charge in [0.1, 0.15) is 0 Å². The molecule has 0 aliphatic rings. The first-order chi connectivity index (χ1) is 10.9. The van der Waals surface area contributed by atoms with Gasteiger partial charge in [-0.1, -0.05) is 29.8 Å². The van der Waals surface area contributed by atoms with Crippen LogP contribution in [0.15, 0.2) is 42.5 Å². The van der Waals surface area contributed by atoms with Crippen LogP contribution in [0.25, 0.3) is 0 Å². The van der Waals surface area contributed by atoms with Crippen molar-refractivity contribution in [2.45, 2.75) is 13.8 Å². The number of ketones is 1. The minimum absolute atomic E-state index is 0.0348. The van der Waals surface area contributed by atoms with Crippen molar-refractivity contribution in [1.29, 1.82) is 0 Å². The highest BCUT2D eigenvalue weighted by atomic mass is 16.6. The standard InChI is InChI=1S/C17H15NO5/c1-11-6-7-15(12(2)8-11)16(19)10-23-17(20)13-4-3-5-14(9-13)18(21)22/h3-9H,10H2,1-2H3. The average Bonchev–Trinajstić information content (AvgIpc) is 2.52.